The molecule has 0 saturated heterocycles. The molecule has 7 aromatic carbocycles. The van der Waals surface area contributed by atoms with E-state index >= 15 is 0 Å². The van der Waals surface area contributed by atoms with Gasteiger partial charge in [-0.3, -0.25) is 19.2 Å². The van der Waals surface area contributed by atoms with Crippen LogP contribution < -0.4 is 21.3 Å². The standard InChI is InChI=1S/C29H20BrN7O2.C26H18BrN7O2S/c30-21-13-14-23(22(16-21)27-34-36-37-35-27)32-29(39)25-15-20-7-4-8-24(26(20)31-25)33-28(38)19-11-9-18(10-12-19)17-5-2-1-3-6-17;27-16-8-9-19(18(12-16)25-31-33-34-32-25)30-26(36)21-10-14-4-3-6-20(24(14)29-21)28-23(35)11-15-13-37-22-7-2-1-5-17(15)22/h1-16,31H,(H,32,39)(H,33,38)(H,34,35,36,37);1-10,12-13,29H,11H2,(H,28,35)(H,30,36)(H,31,32,33,34). The highest BCUT2D eigenvalue weighted by Gasteiger charge is 2.20. The number of amides is 4. The molecule has 5 heterocycles. The highest BCUT2D eigenvalue weighted by molar-refractivity contribution is 9.10. The zero-order chi connectivity index (χ0) is 52.1. The van der Waals surface area contributed by atoms with Gasteiger partial charge in [-0.15, -0.1) is 21.5 Å². The third-order valence-electron chi connectivity index (χ3n) is 12.2. The van der Waals surface area contributed by atoms with E-state index in [-0.39, 0.29) is 30.0 Å². The van der Waals surface area contributed by atoms with Gasteiger partial charge in [0.15, 0.2) is 11.6 Å². The summed E-state index contributed by atoms with van der Waals surface area (Å²) >= 11 is 8.50. The van der Waals surface area contributed by atoms with Gasteiger partial charge in [-0.05, 0) is 127 Å². The monoisotopic (exact) mass is 1150 g/mol. The molecule has 372 valence electrons. The average Bonchev–Trinajstić information content (AvgIpc) is 4.33. The van der Waals surface area contributed by atoms with E-state index in [1.807, 2.05) is 127 Å². The first-order chi connectivity index (χ1) is 37.1. The van der Waals surface area contributed by atoms with Crippen LogP contribution in [0.1, 0.15) is 36.9 Å². The van der Waals surface area contributed by atoms with E-state index in [1.165, 1.54) is 0 Å². The van der Waals surface area contributed by atoms with Crippen molar-refractivity contribution in [2.45, 2.75) is 6.42 Å². The minimum atomic E-state index is -0.351. The van der Waals surface area contributed by atoms with Crippen LogP contribution in [0.2, 0.25) is 0 Å². The van der Waals surface area contributed by atoms with Gasteiger partial charge in [0.1, 0.15) is 11.4 Å². The van der Waals surface area contributed by atoms with E-state index in [2.05, 4.69) is 104 Å². The first-order valence-corrected chi connectivity index (χ1v) is 25.7. The SMILES string of the molecule is O=C(Cc1csc2ccccc12)Nc1cccc2cc(C(=O)Nc3ccc(Br)cc3-c3nnn[nH]3)[nH]c12.O=C(Nc1cccc2cc(C(=O)Nc3ccc(Br)cc3-c3nnn[nH]3)[nH]c12)c1ccc(-c2ccccc2)cc1. The van der Waals surface area contributed by atoms with Gasteiger partial charge in [0.05, 0.1) is 40.2 Å². The molecule has 0 atom stereocenters. The van der Waals surface area contributed by atoms with Crippen LogP contribution >= 0.6 is 43.2 Å². The normalized spacial score (nSPS) is 11.0. The number of H-pyrrole nitrogens is 4. The van der Waals surface area contributed by atoms with Crippen molar-refractivity contribution in [3.63, 3.8) is 0 Å². The summed E-state index contributed by atoms with van der Waals surface area (Å²) in [4.78, 5) is 58.6. The second kappa shape index (κ2) is 21.6. The number of halogens is 2. The number of hydrogen-bond acceptors (Lipinski definition) is 11. The largest absolute Gasteiger partial charge is 0.349 e. The lowest BCUT2D eigenvalue weighted by Crippen LogP contribution is -2.15. The highest BCUT2D eigenvalue weighted by atomic mass is 79.9. The molecule has 0 bridgehead atoms. The van der Waals surface area contributed by atoms with Crippen molar-refractivity contribution in [2.75, 3.05) is 21.3 Å². The van der Waals surface area contributed by atoms with Crippen molar-refractivity contribution in [1.29, 1.82) is 0 Å². The molecule has 76 heavy (non-hydrogen) atoms. The molecule has 0 aliphatic heterocycles. The summed E-state index contributed by atoms with van der Waals surface area (Å²) in [6.45, 7) is 0. The predicted octanol–water partition coefficient (Wildman–Crippen LogP) is 12.0. The zero-order valence-electron chi connectivity index (χ0n) is 39.4. The van der Waals surface area contributed by atoms with Crippen LogP contribution in [0.5, 0.6) is 0 Å². The van der Waals surface area contributed by atoms with Gasteiger partial charge in [0.25, 0.3) is 17.7 Å². The molecular formula is C55H38Br2N14O4S. The molecule has 0 spiro atoms. The summed E-state index contributed by atoms with van der Waals surface area (Å²) in [7, 11) is 0. The number of anilines is 4. The maximum Gasteiger partial charge on any atom is 0.272 e. The molecule has 12 aromatic rings. The fourth-order valence-electron chi connectivity index (χ4n) is 8.51. The summed E-state index contributed by atoms with van der Waals surface area (Å²) in [6.07, 6.45) is 0.261. The van der Waals surface area contributed by atoms with E-state index in [0.717, 1.165) is 46.5 Å². The van der Waals surface area contributed by atoms with Crippen molar-refractivity contribution in [2.24, 2.45) is 0 Å². The summed E-state index contributed by atoms with van der Waals surface area (Å²) in [5, 5.41) is 44.3. The number of nitrogens with zero attached hydrogens (tertiary/aromatic N) is 6. The predicted molar refractivity (Wildman–Crippen MR) is 301 cm³/mol. The molecule has 0 fully saturated rings. The number of aromatic amines is 4. The van der Waals surface area contributed by atoms with Gasteiger partial charge in [-0.2, -0.15) is 0 Å². The van der Waals surface area contributed by atoms with Crippen molar-refractivity contribution in [3.05, 3.63) is 201 Å². The highest BCUT2D eigenvalue weighted by Crippen LogP contribution is 2.33. The molecule has 21 heteroatoms. The Kier molecular flexibility index (Phi) is 13.9. The molecular weight excluding hydrogens is 1110 g/mol. The van der Waals surface area contributed by atoms with Crippen LogP contribution in [0.3, 0.4) is 0 Å². The Morgan fingerprint density at radius 1 is 0.500 bits per heavy atom. The number of tetrazole rings is 2. The van der Waals surface area contributed by atoms with Crippen LogP contribution in [-0.2, 0) is 11.2 Å². The summed E-state index contributed by atoms with van der Waals surface area (Å²) in [6, 6.07) is 50.8. The van der Waals surface area contributed by atoms with E-state index < -0.39 is 0 Å². The number of hydrogen-bond donors (Lipinski definition) is 8. The van der Waals surface area contributed by atoms with Gasteiger partial charge in [0.2, 0.25) is 5.91 Å². The molecule has 0 radical (unpaired) electrons. The molecule has 0 aliphatic rings. The maximum atomic E-state index is 13.2. The minimum absolute atomic E-state index is 0.128. The lowest BCUT2D eigenvalue weighted by Gasteiger charge is -2.09. The van der Waals surface area contributed by atoms with Crippen LogP contribution in [0, 0.1) is 0 Å². The lowest BCUT2D eigenvalue weighted by molar-refractivity contribution is -0.115. The minimum Gasteiger partial charge on any atom is -0.349 e. The van der Waals surface area contributed by atoms with Gasteiger partial charge in [-0.25, -0.2) is 10.2 Å². The maximum absolute atomic E-state index is 13.2. The number of fused-ring (bicyclic) bond motifs is 3. The fraction of sp³-hybridized carbons (Fsp3) is 0.0182. The third kappa shape index (κ3) is 10.6. The number of benzene rings is 7. The van der Waals surface area contributed by atoms with Gasteiger partial charge < -0.3 is 31.2 Å². The van der Waals surface area contributed by atoms with Crippen molar-refractivity contribution in [1.82, 2.24) is 51.2 Å². The first-order valence-electron chi connectivity index (χ1n) is 23.3. The number of rotatable bonds is 12. The zero-order valence-corrected chi connectivity index (χ0v) is 43.3. The van der Waals surface area contributed by atoms with E-state index in [9.17, 15) is 19.2 Å². The summed E-state index contributed by atoms with van der Waals surface area (Å²) < 4.78 is 2.78. The van der Waals surface area contributed by atoms with Crippen LogP contribution in [0.15, 0.2) is 178 Å². The fourth-order valence-corrected chi connectivity index (χ4v) is 10.2. The van der Waals surface area contributed by atoms with E-state index in [4.69, 9.17) is 0 Å². The number of aromatic nitrogens is 10. The Bertz CT molecular complexity index is 4100. The molecule has 0 saturated carbocycles. The van der Waals surface area contributed by atoms with Crippen molar-refractivity contribution < 1.29 is 19.2 Å². The molecule has 0 aliphatic carbocycles. The van der Waals surface area contributed by atoms with Crippen LogP contribution in [0.4, 0.5) is 22.7 Å². The summed E-state index contributed by atoms with van der Waals surface area (Å²) in [5.41, 5.74) is 9.16. The smallest absolute Gasteiger partial charge is 0.272 e. The number of carbonyl (C=O) groups excluding carboxylic acids is 4. The van der Waals surface area contributed by atoms with Crippen molar-refractivity contribution >= 4 is 121 Å². The lowest BCUT2D eigenvalue weighted by atomic mass is 10.0. The van der Waals surface area contributed by atoms with E-state index in [0.29, 0.717) is 73.5 Å². The van der Waals surface area contributed by atoms with Gasteiger partial charge in [0, 0.05) is 41.1 Å². The Hall–Kier alpha value is -9.44. The van der Waals surface area contributed by atoms with Gasteiger partial charge >= 0.3 is 0 Å². The van der Waals surface area contributed by atoms with Crippen molar-refractivity contribution in [3.8, 4) is 33.9 Å². The Balaban J connectivity index is 0.000000162. The molecule has 5 aromatic heterocycles. The average molecular weight is 1150 g/mol. The second-order valence-corrected chi connectivity index (χ2v) is 19.8. The molecule has 18 nitrogen and oxygen atoms in total. The quantitative estimate of drug-likeness (QED) is 0.0574. The molecule has 4 amide bonds. The molecule has 8 N–H and O–H groups in total. The second-order valence-electron chi connectivity index (χ2n) is 17.1. The Labute approximate surface area is 451 Å². The Morgan fingerprint density at radius 2 is 1.03 bits per heavy atom. The van der Waals surface area contributed by atoms with Gasteiger partial charge in [-0.1, -0.05) is 117 Å². The van der Waals surface area contributed by atoms with Crippen LogP contribution in [-0.4, -0.2) is 74.8 Å². The topological polar surface area (TPSA) is 257 Å². The Morgan fingerprint density at radius 3 is 1.59 bits per heavy atom. The summed E-state index contributed by atoms with van der Waals surface area (Å²) in [5.74, 6) is -0.216. The number of thiophene rings is 1. The number of carbonyl (C=O) groups is 4. The third-order valence-corrected chi connectivity index (χ3v) is 14.1. The number of nitrogens with one attached hydrogen (secondary N) is 8. The molecule has 12 rings (SSSR count). The number of para-hydroxylation sites is 2. The van der Waals surface area contributed by atoms with Crippen LogP contribution in [0.25, 0.3) is 65.8 Å². The molecule has 0 unspecified atom stereocenters. The van der Waals surface area contributed by atoms with E-state index in [1.54, 1.807) is 53.8 Å². The first kappa shape index (κ1) is 48.8.